The summed E-state index contributed by atoms with van der Waals surface area (Å²) in [6.07, 6.45) is 11.9. The minimum Gasteiger partial charge on any atom is -0.338 e. The first-order valence-corrected chi connectivity index (χ1v) is 8.74. The molecule has 1 nitrogen and oxygen atoms in total. The fourth-order valence-corrected chi connectivity index (χ4v) is 3.33. The maximum absolute atomic E-state index is 6.24. The normalized spacial score (nSPS) is 14.4. The molecular weight excluding hydrogens is 266 g/mol. The van der Waals surface area contributed by atoms with E-state index in [-0.39, 0.29) is 5.41 Å². The molecule has 2 heteroatoms. The zero-order valence-electron chi connectivity index (χ0n) is 13.8. The van der Waals surface area contributed by atoms with Gasteiger partial charge in [-0.3, -0.25) is 0 Å². The third-order valence-corrected chi connectivity index (χ3v) is 4.97. The lowest BCUT2D eigenvalue weighted by atomic mass is 9.77. The molecule has 0 aliphatic heterocycles. The predicted molar refractivity (Wildman–Crippen MR) is 90.7 cm³/mol. The van der Waals surface area contributed by atoms with Crippen molar-refractivity contribution in [2.24, 2.45) is 7.05 Å². The zero-order valence-corrected chi connectivity index (χ0v) is 14.6. The summed E-state index contributed by atoms with van der Waals surface area (Å²) in [5, 5.41) is 0.857. The highest BCUT2D eigenvalue weighted by Crippen LogP contribution is 2.36. The summed E-state index contributed by atoms with van der Waals surface area (Å²) in [6.45, 7) is 6.98. The van der Waals surface area contributed by atoms with Crippen LogP contribution < -0.4 is 0 Å². The molecule has 0 radical (unpaired) electrons. The van der Waals surface area contributed by atoms with Gasteiger partial charge in [0.05, 0.1) is 0 Å². The standard InChI is InChI=1S/C18H32ClN/c1-5-7-9-11-15-18(3,14-10-8-6-2)16-12-13-17(19)20(16)4/h12-13H,5-11,14-15H2,1-4H3. The first-order chi connectivity index (χ1) is 9.55. The number of aromatic nitrogens is 1. The fraction of sp³-hybridized carbons (Fsp3) is 0.778. The van der Waals surface area contributed by atoms with Crippen molar-refractivity contribution >= 4 is 11.6 Å². The van der Waals surface area contributed by atoms with Crippen LogP contribution >= 0.6 is 11.6 Å². The molecule has 0 saturated heterocycles. The van der Waals surface area contributed by atoms with Gasteiger partial charge in [-0.2, -0.15) is 0 Å². The molecule has 0 spiro atoms. The molecule has 20 heavy (non-hydrogen) atoms. The number of nitrogens with zero attached hydrogens (tertiary/aromatic N) is 1. The van der Waals surface area contributed by atoms with E-state index in [2.05, 4.69) is 38.5 Å². The van der Waals surface area contributed by atoms with Crippen LogP contribution in [0.25, 0.3) is 0 Å². The van der Waals surface area contributed by atoms with E-state index in [0.29, 0.717) is 0 Å². The molecule has 0 N–H and O–H groups in total. The van der Waals surface area contributed by atoms with Crippen molar-refractivity contribution in [3.8, 4) is 0 Å². The number of hydrogen-bond donors (Lipinski definition) is 0. The Morgan fingerprint density at radius 3 is 2.00 bits per heavy atom. The molecule has 1 unspecified atom stereocenters. The highest BCUT2D eigenvalue weighted by molar-refractivity contribution is 6.29. The number of unbranched alkanes of at least 4 members (excludes halogenated alkanes) is 5. The molecule has 1 heterocycles. The lowest BCUT2D eigenvalue weighted by Gasteiger charge is -2.31. The Hall–Kier alpha value is -0.430. The highest BCUT2D eigenvalue weighted by atomic mass is 35.5. The minimum absolute atomic E-state index is 0.283. The lowest BCUT2D eigenvalue weighted by molar-refractivity contribution is 0.349. The summed E-state index contributed by atoms with van der Waals surface area (Å²) in [5.41, 5.74) is 1.69. The van der Waals surface area contributed by atoms with Gasteiger partial charge >= 0.3 is 0 Å². The van der Waals surface area contributed by atoms with Crippen LogP contribution in [0.3, 0.4) is 0 Å². The third kappa shape index (κ3) is 4.84. The van der Waals surface area contributed by atoms with Crippen LogP contribution in [0, 0.1) is 0 Å². The van der Waals surface area contributed by atoms with Crippen molar-refractivity contribution in [2.45, 2.75) is 84.0 Å². The van der Waals surface area contributed by atoms with Gasteiger partial charge in [-0.1, -0.05) is 77.3 Å². The molecule has 0 aliphatic rings. The predicted octanol–water partition coefficient (Wildman–Crippen LogP) is 6.49. The monoisotopic (exact) mass is 297 g/mol. The average Bonchev–Trinajstić information content (AvgIpc) is 2.76. The summed E-state index contributed by atoms with van der Waals surface area (Å²) in [7, 11) is 2.10. The molecule has 1 aromatic rings. The van der Waals surface area contributed by atoms with Crippen molar-refractivity contribution in [3.63, 3.8) is 0 Å². The maximum Gasteiger partial charge on any atom is 0.108 e. The molecule has 1 aromatic heterocycles. The second kappa shape index (κ2) is 8.77. The third-order valence-electron chi connectivity index (χ3n) is 4.59. The molecule has 0 saturated carbocycles. The van der Waals surface area contributed by atoms with Gasteiger partial charge in [0.25, 0.3) is 0 Å². The summed E-state index contributed by atoms with van der Waals surface area (Å²) in [4.78, 5) is 0. The van der Waals surface area contributed by atoms with Crippen LogP contribution in [0.5, 0.6) is 0 Å². The highest BCUT2D eigenvalue weighted by Gasteiger charge is 2.28. The minimum atomic E-state index is 0.283. The van der Waals surface area contributed by atoms with Crippen LogP contribution in [0.1, 0.15) is 84.3 Å². The fourth-order valence-electron chi connectivity index (χ4n) is 3.18. The van der Waals surface area contributed by atoms with E-state index in [1.54, 1.807) is 0 Å². The molecule has 1 atom stereocenters. The van der Waals surface area contributed by atoms with Crippen LogP contribution in [0.15, 0.2) is 12.1 Å². The van der Waals surface area contributed by atoms with Crippen molar-refractivity contribution in [1.29, 1.82) is 0 Å². The lowest BCUT2D eigenvalue weighted by Crippen LogP contribution is -2.25. The summed E-state index contributed by atoms with van der Waals surface area (Å²) < 4.78 is 2.17. The molecular formula is C18H32ClN. The van der Waals surface area contributed by atoms with Gasteiger partial charge in [0, 0.05) is 18.2 Å². The number of hydrogen-bond acceptors (Lipinski definition) is 0. The second-order valence-electron chi connectivity index (χ2n) is 6.43. The summed E-state index contributed by atoms with van der Waals surface area (Å²) >= 11 is 6.24. The molecule has 0 amide bonds. The first kappa shape index (κ1) is 17.6. The van der Waals surface area contributed by atoms with Crippen LogP contribution in [0.4, 0.5) is 0 Å². The average molecular weight is 298 g/mol. The van der Waals surface area contributed by atoms with Gasteiger partial charge in [-0.05, 0) is 25.0 Å². The number of rotatable bonds is 10. The van der Waals surface area contributed by atoms with Gasteiger partial charge in [-0.25, -0.2) is 0 Å². The quantitative estimate of drug-likeness (QED) is 0.435. The van der Waals surface area contributed by atoms with Crippen LogP contribution in [0.2, 0.25) is 5.15 Å². The molecule has 0 fully saturated rings. The van der Waals surface area contributed by atoms with E-state index >= 15 is 0 Å². The molecule has 0 aliphatic carbocycles. The molecule has 116 valence electrons. The van der Waals surface area contributed by atoms with Crippen molar-refractivity contribution in [2.75, 3.05) is 0 Å². The van der Waals surface area contributed by atoms with E-state index in [4.69, 9.17) is 11.6 Å². The smallest absolute Gasteiger partial charge is 0.108 e. The first-order valence-electron chi connectivity index (χ1n) is 8.37. The van der Waals surface area contributed by atoms with Gasteiger partial charge in [0.15, 0.2) is 0 Å². The van der Waals surface area contributed by atoms with Gasteiger partial charge < -0.3 is 4.57 Å². The topological polar surface area (TPSA) is 4.93 Å². The van der Waals surface area contributed by atoms with Gasteiger partial charge in [-0.15, -0.1) is 0 Å². The Morgan fingerprint density at radius 2 is 1.50 bits per heavy atom. The summed E-state index contributed by atoms with van der Waals surface area (Å²) in [6, 6.07) is 4.27. The van der Waals surface area contributed by atoms with Crippen LogP contribution in [-0.4, -0.2) is 4.57 Å². The Bertz CT molecular complexity index is 383. The Labute approximate surface area is 130 Å². The number of halogens is 1. The Balaban J connectivity index is 2.74. The van der Waals surface area contributed by atoms with Crippen LogP contribution in [-0.2, 0) is 12.5 Å². The van der Waals surface area contributed by atoms with E-state index < -0.39 is 0 Å². The van der Waals surface area contributed by atoms with Crippen molar-refractivity contribution in [1.82, 2.24) is 4.57 Å². The van der Waals surface area contributed by atoms with Gasteiger partial charge in [0.1, 0.15) is 5.15 Å². The van der Waals surface area contributed by atoms with E-state index in [0.717, 1.165) is 5.15 Å². The SMILES string of the molecule is CCCCCCC(C)(CCCCC)c1ccc(Cl)n1C. The van der Waals surface area contributed by atoms with Crippen molar-refractivity contribution in [3.05, 3.63) is 23.0 Å². The summed E-state index contributed by atoms with van der Waals surface area (Å²) in [5.74, 6) is 0. The Kier molecular flexibility index (Phi) is 7.72. The maximum atomic E-state index is 6.24. The van der Waals surface area contributed by atoms with E-state index in [1.807, 2.05) is 6.07 Å². The largest absolute Gasteiger partial charge is 0.338 e. The second-order valence-corrected chi connectivity index (χ2v) is 6.82. The van der Waals surface area contributed by atoms with Crippen molar-refractivity contribution < 1.29 is 0 Å². The van der Waals surface area contributed by atoms with Gasteiger partial charge in [0.2, 0.25) is 0 Å². The zero-order chi connectivity index (χ0) is 15.0. The molecule has 0 bridgehead atoms. The van der Waals surface area contributed by atoms with E-state index in [9.17, 15) is 0 Å². The molecule has 1 rings (SSSR count). The van der Waals surface area contributed by atoms with E-state index in [1.165, 1.54) is 63.5 Å². The Morgan fingerprint density at radius 1 is 0.950 bits per heavy atom. The molecule has 0 aromatic carbocycles.